The van der Waals surface area contributed by atoms with E-state index in [0.29, 0.717) is 13.1 Å². The minimum atomic E-state index is -0.0980. The van der Waals surface area contributed by atoms with E-state index in [1.165, 1.54) is 4.90 Å². The molecule has 0 aromatic carbocycles. The lowest BCUT2D eigenvalue weighted by Crippen LogP contribution is -2.39. The van der Waals surface area contributed by atoms with Gasteiger partial charge in [-0.1, -0.05) is 13.8 Å². The zero-order valence-electron chi connectivity index (χ0n) is 7.91. The van der Waals surface area contributed by atoms with Gasteiger partial charge in [0.15, 0.2) is 0 Å². The second-order valence-electron chi connectivity index (χ2n) is 4.39. The first-order valence-corrected chi connectivity index (χ1v) is 4.57. The maximum atomic E-state index is 11.6. The standard InChI is InChI=1S/C9H14N2O2/c1-9(2)5-6(9)8(13)11(4-3-10)7(5)12/h5-6H,3-4,10H2,1-2H3. The second kappa shape index (κ2) is 2.32. The second-order valence-corrected chi connectivity index (χ2v) is 4.39. The molecular weight excluding hydrogens is 168 g/mol. The third-order valence-corrected chi connectivity index (χ3v) is 3.24. The van der Waals surface area contributed by atoms with Crippen molar-refractivity contribution in [1.82, 2.24) is 4.90 Å². The van der Waals surface area contributed by atoms with Crippen LogP contribution in [-0.4, -0.2) is 29.8 Å². The molecule has 2 N–H and O–H groups in total. The molecule has 0 bridgehead atoms. The van der Waals surface area contributed by atoms with E-state index in [0.717, 1.165) is 0 Å². The zero-order valence-corrected chi connectivity index (χ0v) is 7.91. The molecule has 0 aromatic heterocycles. The summed E-state index contributed by atoms with van der Waals surface area (Å²) in [7, 11) is 0. The molecule has 2 fully saturated rings. The van der Waals surface area contributed by atoms with Crippen molar-refractivity contribution in [2.45, 2.75) is 13.8 Å². The number of amides is 2. The van der Waals surface area contributed by atoms with Gasteiger partial charge < -0.3 is 5.73 Å². The molecule has 2 atom stereocenters. The zero-order chi connectivity index (χ0) is 9.80. The Kier molecular flexibility index (Phi) is 1.55. The number of nitrogens with zero attached hydrogens (tertiary/aromatic N) is 1. The van der Waals surface area contributed by atoms with Gasteiger partial charge in [-0.2, -0.15) is 0 Å². The number of carbonyl (C=O) groups is 2. The maximum absolute atomic E-state index is 11.6. The molecule has 1 aliphatic heterocycles. The Balaban J connectivity index is 2.18. The van der Waals surface area contributed by atoms with Gasteiger partial charge >= 0.3 is 0 Å². The Morgan fingerprint density at radius 2 is 1.77 bits per heavy atom. The molecule has 4 nitrogen and oxygen atoms in total. The Hall–Kier alpha value is -0.900. The van der Waals surface area contributed by atoms with Crippen molar-refractivity contribution >= 4 is 11.8 Å². The van der Waals surface area contributed by atoms with Gasteiger partial charge in [-0.15, -0.1) is 0 Å². The van der Waals surface area contributed by atoms with Crippen LogP contribution >= 0.6 is 0 Å². The lowest BCUT2D eigenvalue weighted by Gasteiger charge is -2.19. The number of hydrogen-bond acceptors (Lipinski definition) is 3. The molecule has 2 rings (SSSR count). The monoisotopic (exact) mass is 182 g/mol. The van der Waals surface area contributed by atoms with Crippen LogP contribution in [0, 0.1) is 17.3 Å². The number of hydrogen-bond donors (Lipinski definition) is 1. The average molecular weight is 182 g/mol. The first kappa shape index (κ1) is 8.69. The molecule has 0 spiro atoms. The minimum absolute atomic E-state index is 0.0227. The SMILES string of the molecule is CC1(C)C2C(=O)N(CCN)C(=O)C21. The van der Waals surface area contributed by atoms with E-state index < -0.39 is 0 Å². The van der Waals surface area contributed by atoms with Crippen LogP contribution in [0.3, 0.4) is 0 Å². The third-order valence-electron chi connectivity index (χ3n) is 3.24. The summed E-state index contributed by atoms with van der Waals surface area (Å²) >= 11 is 0. The Morgan fingerprint density at radius 1 is 1.31 bits per heavy atom. The van der Waals surface area contributed by atoms with E-state index in [2.05, 4.69) is 0 Å². The van der Waals surface area contributed by atoms with Crippen molar-refractivity contribution in [2.75, 3.05) is 13.1 Å². The molecule has 4 heteroatoms. The maximum Gasteiger partial charge on any atom is 0.233 e. The fourth-order valence-electron chi connectivity index (χ4n) is 2.35. The molecule has 72 valence electrons. The number of likely N-dealkylation sites (tertiary alicyclic amines) is 1. The van der Waals surface area contributed by atoms with Crippen LogP contribution in [0.5, 0.6) is 0 Å². The highest BCUT2D eigenvalue weighted by Gasteiger charge is 2.72. The number of imide groups is 1. The first-order valence-electron chi connectivity index (χ1n) is 4.57. The summed E-state index contributed by atoms with van der Waals surface area (Å²) < 4.78 is 0. The van der Waals surface area contributed by atoms with Crippen LogP contribution in [0.1, 0.15) is 13.8 Å². The van der Waals surface area contributed by atoms with Crippen LogP contribution in [0.4, 0.5) is 0 Å². The lowest BCUT2D eigenvalue weighted by molar-refractivity contribution is -0.142. The predicted molar refractivity (Wildman–Crippen MR) is 46.5 cm³/mol. The lowest BCUT2D eigenvalue weighted by atomic mass is 10.1. The first-order chi connectivity index (χ1) is 6.01. The van der Waals surface area contributed by atoms with Crippen molar-refractivity contribution in [1.29, 1.82) is 0 Å². The quantitative estimate of drug-likeness (QED) is 0.590. The van der Waals surface area contributed by atoms with Gasteiger partial charge in [-0.3, -0.25) is 14.5 Å². The number of carbonyl (C=O) groups excluding carboxylic acids is 2. The molecule has 13 heavy (non-hydrogen) atoms. The van der Waals surface area contributed by atoms with Crippen LogP contribution in [-0.2, 0) is 9.59 Å². The van der Waals surface area contributed by atoms with Crippen molar-refractivity contribution in [3.05, 3.63) is 0 Å². The van der Waals surface area contributed by atoms with Gasteiger partial charge in [0.05, 0.1) is 11.8 Å². The normalized spacial score (nSPS) is 35.2. The highest BCUT2D eigenvalue weighted by molar-refractivity contribution is 6.10. The van der Waals surface area contributed by atoms with Gasteiger partial charge in [0.25, 0.3) is 0 Å². The third kappa shape index (κ3) is 0.892. The Bertz CT molecular complexity index is 261. The van der Waals surface area contributed by atoms with Crippen molar-refractivity contribution in [2.24, 2.45) is 23.0 Å². The molecule has 1 heterocycles. The summed E-state index contributed by atoms with van der Waals surface area (Å²) in [4.78, 5) is 24.5. The minimum Gasteiger partial charge on any atom is -0.329 e. The fraction of sp³-hybridized carbons (Fsp3) is 0.778. The highest BCUT2D eigenvalue weighted by Crippen LogP contribution is 2.63. The summed E-state index contributed by atoms with van der Waals surface area (Å²) in [5.41, 5.74) is 5.22. The number of nitrogens with two attached hydrogens (primary N) is 1. The summed E-state index contributed by atoms with van der Waals surface area (Å²) in [5, 5.41) is 0. The average Bonchev–Trinajstić information content (AvgIpc) is 2.51. The van der Waals surface area contributed by atoms with Crippen LogP contribution < -0.4 is 5.73 Å². The molecule has 0 aromatic rings. The van der Waals surface area contributed by atoms with E-state index >= 15 is 0 Å². The predicted octanol–water partition coefficient (Wildman–Crippen LogP) is -0.414. The van der Waals surface area contributed by atoms with Crippen LogP contribution in [0.25, 0.3) is 0 Å². The Labute approximate surface area is 77.1 Å². The van der Waals surface area contributed by atoms with Gasteiger partial charge in [-0.25, -0.2) is 0 Å². The molecule has 1 aliphatic carbocycles. The highest BCUT2D eigenvalue weighted by atomic mass is 16.2. The number of fused-ring (bicyclic) bond motifs is 1. The molecule has 2 amide bonds. The number of rotatable bonds is 2. The van der Waals surface area contributed by atoms with Crippen molar-refractivity contribution < 1.29 is 9.59 Å². The topological polar surface area (TPSA) is 63.4 Å². The van der Waals surface area contributed by atoms with Gasteiger partial charge in [0.2, 0.25) is 11.8 Å². The molecule has 2 unspecified atom stereocenters. The molecule has 1 saturated carbocycles. The van der Waals surface area contributed by atoms with Gasteiger partial charge in [0.1, 0.15) is 0 Å². The summed E-state index contributed by atoms with van der Waals surface area (Å²) in [6.45, 7) is 4.67. The summed E-state index contributed by atoms with van der Waals surface area (Å²) in [6.07, 6.45) is 0. The van der Waals surface area contributed by atoms with E-state index in [-0.39, 0.29) is 29.1 Å². The van der Waals surface area contributed by atoms with E-state index in [1.807, 2.05) is 13.8 Å². The molecule has 0 radical (unpaired) electrons. The largest absolute Gasteiger partial charge is 0.329 e. The van der Waals surface area contributed by atoms with E-state index in [9.17, 15) is 9.59 Å². The fourth-order valence-corrected chi connectivity index (χ4v) is 2.35. The number of piperidine rings is 1. The van der Waals surface area contributed by atoms with Gasteiger partial charge in [0, 0.05) is 13.1 Å². The molecule has 2 aliphatic rings. The smallest absolute Gasteiger partial charge is 0.233 e. The van der Waals surface area contributed by atoms with E-state index in [4.69, 9.17) is 5.73 Å². The van der Waals surface area contributed by atoms with Crippen molar-refractivity contribution in [3.63, 3.8) is 0 Å². The van der Waals surface area contributed by atoms with E-state index in [1.54, 1.807) is 0 Å². The van der Waals surface area contributed by atoms with Crippen LogP contribution in [0.15, 0.2) is 0 Å². The Morgan fingerprint density at radius 3 is 2.15 bits per heavy atom. The van der Waals surface area contributed by atoms with Gasteiger partial charge in [-0.05, 0) is 5.41 Å². The van der Waals surface area contributed by atoms with Crippen molar-refractivity contribution in [3.8, 4) is 0 Å². The summed E-state index contributed by atoms with van der Waals surface area (Å²) in [5.74, 6) is -0.172. The molecular formula is C9H14N2O2. The van der Waals surface area contributed by atoms with Crippen LogP contribution in [0.2, 0.25) is 0 Å². The summed E-state index contributed by atoms with van der Waals surface area (Å²) in [6, 6.07) is 0. The molecule has 1 saturated heterocycles.